The number of nitrogen functional groups attached to an aromatic ring is 1. The van der Waals surface area contributed by atoms with Crippen molar-refractivity contribution in [3.05, 3.63) is 30.0 Å². The molecule has 3 rings (SSSR count). The van der Waals surface area contributed by atoms with Crippen LogP contribution >= 0.6 is 0 Å². The zero-order chi connectivity index (χ0) is 12.7. The minimum Gasteiger partial charge on any atom is -0.382 e. The predicted octanol–water partition coefficient (Wildman–Crippen LogP) is 1.20. The molecule has 0 aliphatic rings. The first-order valence-electron chi connectivity index (χ1n) is 5.91. The Morgan fingerprint density at radius 2 is 2.17 bits per heavy atom. The van der Waals surface area contributed by atoms with Crippen molar-refractivity contribution in [2.75, 3.05) is 12.3 Å². The molecule has 0 spiro atoms. The molecule has 4 N–H and O–H groups in total. The van der Waals surface area contributed by atoms with Crippen LogP contribution in [0, 0.1) is 0 Å². The van der Waals surface area contributed by atoms with Gasteiger partial charge < -0.3 is 11.5 Å². The summed E-state index contributed by atoms with van der Waals surface area (Å²) in [5.74, 6) is 0.475. The van der Waals surface area contributed by atoms with E-state index >= 15 is 0 Å². The summed E-state index contributed by atoms with van der Waals surface area (Å²) in [7, 11) is 1.89. The van der Waals surface area contributed by atoms with Gasteiger partial charge in [-0.1, -0.05) is 12.1 Å². The number of benzene rings is 1. The van der Waals surface area contributed by atoms with E-state index in [1.54, 1.807) is 4.68 Å². The molecule has 0 fully saturated rings. The van der Waals surface area contributed by atoms with E-state index in [0.29, 0.717) is 12.4 Å². The van der Waals surface area contributed by atoms with Gasteiger partial charge in [0.1, 0.15) is 5.52 Å². The molecule has 1 aromatic carbocycles. The molecule has 18 heavy (non-hydrogen) atoms. The maximum atomic E-state index is 5.95. The summed E-state index contributed by atoms with van der Waals surface area (Å²) >= 11 is 0. The van der Waals surface area contributed by atoms with Gasteiger partial charge in [-0.05, 0) is 24.6 Å². The molecule has 0 saturated carbocycles. The number of rotatable bonds is 2. The molecule has 0 bridgehead atoms. The molecular formula is C13H15N5. The van der Waals surface area contributed by atoms with Gasteiger partial charge in [0.05, 0.1) is 5.52 Å². The molecule has 3 aromatic rings. The highest BCUT2D eigenvalue weighted by Crippen LogP contribution is 2.29. The molecule has 0 saturated heterocycles. The number of pyridine rings is 1. The van der Waals surface area contributed by atoms with Gasteiger partial charge in [-0.2, -0.15) is 5.10 Å². The van der Waals surface area contributed by atoms with Gasteiger partial charge >= 0.3 is 0 Å². The van der Waals surface area contributed by atoms with E-state index in [1.807, 2.05) is 25.4 Å². The standard InChI is InChI=1S/C13H15N5/c1-18-7-9-11-8(5-6-14)3-2-4-10(11)16-13(15)12(9)17-18/h2-4,7H,5-6,14H2,1H3,(H2,15,16). The largest absolute Gasteiger partial charge is 0.382 e. The second-order valence-electron chi connectivity index (χ2n) is 4.41. The molecule has 0 unspecified atom stereocenters. The summed E-state index contributed by atoms with van der Waals surface area (Å²) in [5.41, 5.74) is 14.5. The van der Waals surface area contributed by atoms with Crippen molar-refractivity contribution in [1.82, 2.24) is 14.8 Å². The van der Waals surface area contributed by atoms with Crippen molar-refractivity contribution < 1.29 is 0 Å². The Bertz CT molecular complexity index is 729. The number of aryl methyl sites for hydroxylation is 1. The average molecular weight is 241 g/mol. The predicted molar refractivity (Wildman–Crippen MR) is 73.2 cm³/mol. The lowest BCUT2D eigenvalue weighted by Gasteiger charge is -2.06. The quantitative estimate of drug-likeness (QED) is 0.706. The Kier molecular flexibility index (Phi) is 2.41. The van der Waals surface area contributed by atoms with Gasteiger partial charge in [0.15, 0.2) is 5.82 Å². The normalized spacial score (nSPS) is 11.4. The molecule has 2 aromatic heterocycles. The van der Waals surface area contributed by atoms with Crippen LogP contribution in [0.5, 0.6) is 0 Å². The minimum absolute atomic E-state index is 0.475. The third-order valence-corrected chi connectivity index (χ3v) is 3.12. The number of hydrogen-bond donors (Lipinski definition) is 2. The lowest BCUT2D eigenvalue weighted by atomic mass is 10.0. The van der Waals surface area contributed by atoms with Crippen molar-refractivity contribution in [2.24, 2.45) is 12.8 Å². The molecule has 92 valence electrons. The lowest BCUT2D eigenvalue weighted by Crippen LogP contribution is -2.03. The molecule has 5 nitrogen and oxygen atoms in total. The number of aromatic nitrogens is 3. The first-order valence-corrected chi connectivity index (χ1v) is 5.91. The molecular weight excluding hydrogens is 226 g/mol. The Morgan fingerprint density at radius 3 is 2.94 bits per heavy atom. The second kappa shape index (κ2) is 3.96. The van der Waals surface area contributed by atoms with E-state index in [-0.39, 0.29) is 0 Å². The zero-order valence-corrected chi connectivity index (χ0v) is 10.2. The van der Waals surface area contributed by atoms with E-state index in [2.05, 4.69) is 16.1 Å². The van der Waals surface area contributed by atoms with Crippen LogP contribution in [0.1, 0.15) is 5.56 Å². The van der Waals surface area contributed by atoms with Crippen LogP contribution < -0.4 is 11.5 Å². The second-order valence-corrected chi connectivity index (χ2v) is 4.41. The zero-order valence-electron chi connectivity index (χ0n) is 10.2. The van der Waals surface area contributed by atoms with E-state index in [4.69, 9.17) is 11.5 Å². The summed E-state index contributed by atoms with van der Waals surface area (Å²) in [4.78, 5) is 4.42. The molecule has 2 heterocycles. The minimum atomic E-state index is 0.475. The van der Waals surface area contributed by atoms with E-state index in [1.165, 1.54) is 5.56 Å². The van der Waals surface area contributed by atoms with Gasteiger partial charge in [-0.25, -0.2) is 4.98 Å². The van der Waals surface area contributed by atoms with Gasteiger partial charge in [0.2, 0.25) is 0 Å². The van der Waals surface area contributed by atoms with Crippen molar-refractivity contribution in [1.29, 1.82) is 0 Å². The highest BCUT2D eigenvalue weighted by atomic mass is 15.3. The van der Waals surface area contributed by atoms with Crippen molar-refractivity contribution in [3.63, 3.8) is 0 Å². The van der Waals surface area contributed by atoms with Crippen molar-refractivity contribution >= 4 is 27.6 Å². The maximum absolute atomic E-state index is 5.95. The summed E-state index contributed by atoms with van der Waals surface area (Å²) < 4.78 is 1.77. The third-order valence-electron chi connectivity index (χ3n) is 3.12. The first-order chi connectivity index (χ1) is 8.70. The molecule has 0 radical (unpaired) electrons. The average Bonchev–Trinajstić information content (AvgIpc) is 2.72. The fraction of sp³-hybridized carbons (Fsp3) is 0.231. The van der Waals surface area contributed by atoms with Crippen LogP contribution in [0.3, 0.4) is 0 Å². The number of anilines is 1. The number of fused-ring (bicyclic) bond motifs is 3. The Morgan fingerprint density at radius 1 is 1.33 bits per heavy atom. The Balaban J connectivity index is 2.49. The Hall–Kier alpha value is -2.14. The smallest absolute Gasteiger partial charge is 0.152 e. The van der Waals surface area contributed by atoms with Crippen LogP contribution in [0.4, 0.5) is 5.82 Å². The van der Waals surface area contributed by atoms with E-state index < -0.39 is 0 Å². The molecule has 0 aliphatic heterocycles. The fourth-order valence-electron chi connectivity index (χ4n) is 2.40. The van der Waals surface area contributed by atoms with E-state index in [9.17, 15) is 0 Å². The highest BCUT2D eigenvalue weighted by Gasteiger charge is 2.12. The highest BCUT2D eigenvalue weighted by molar-refractivity contribution is 6.09. The van der Waals surface area contributed by atoms with Crippen molar-refractivity contribution in [2.45, 2.75) is 6.42 Å². The third kappa shape index (κ3) is 1.52. The van der Waals surface area contributed by atoms with Crippen LogP contribution in [-0.2, 0) is 13.5 Å². The number of nitrogens with two attached hydrogens (primary N) is 2. The SMILES string of the molecule is Cn1cc2c(n1)c(N)nc1cccc(CCN)c12. The summed E-state index contributed by atoms with van der Waals surface area (Å²) in [5, 5.41) is 6.52. The lowest BCUT2D eigenvalue weighted by molar-refractivity contribution is 0.780. The summed E-state index contributed by atoms with van der Waals surface area (Å²) in [6, 6.07) is 6.04. The Labute approximate surface area is 104 Å². The van der Waals surface area contributed by atoms with Crippen LogP contribution in [0.2, 0.25) is 0 Å². The first kappa shape index (κ1) is 11.0. The monoisotopic (exact) mass is 241 g/mol. The molecule has 0 aliphatic carbocycles. The van der Waals surface area contributed by atoms with Crippen LogP contribution in [0.15, 0.2) is 24.4 Å². The van der Waals surface area contributed by atoms with Gasteiger partial charge in [0, 0.05) is 24.0 Å². The summed E-state index contributed by atoms with van der Waals surface area (Å²) in [6.45, 7) is 0.616. The van der Waals surface area contributed by atoms with E-state index in [0.717, 1.165) is 28.2 Å². The van der Waals surface area contributed by atoms with Gasteiger partial charge in [-0.15, -0.1) is 0 Å². The summed E-state index contributed by atoms with van der Waals surface area (Å²) in [6.07, 6.45) is 2.81. The topological polar surface area (TPSA) is 82.8 Å². The van der Waals surface area contributed by atoms with Crippen molar-refractivity contribution in [3.8, 4) is 0 Å². The molecule has 0 atom stereocenters. The number of nitrogens with zero attached hydrogens (tertiary/aromatic N) is 3. The van der Waals surface area contributed by atoms with Gasteiger partial charge in [-0.3, -0.25) is 4.68 Å². The maximum Gasteiger partial charge on any atom is 0.152 e. The molecule has 0 amide bonds. The molecule has 5 heteroatoms. The number of hydrogen-bond acceptors (Lipinski definition) is 4. The van der Waals surface area contributed by atoms with Gasteiger partial charge in [0.25, 0.3) is 0 Å². The van der Waals surface area contributed by atoms with Crippen LogP contribution in [0.25, 0.3) is 21.8 Å². The van der Waals surface area contributed by atoms with Crippen LogP contribution in [-0.4, -0.2) is 21.3 Å². The fourth-order valence-corrected chi connectivity index (χ4v) is 2.40.